The highest BCUT2D eigenvalue weighted by Gasteiger charge is 2.45. The minimum absolute atomic E-state index is 0.236. The topological polar surface area (TPSA) is 0 Å². The van der Waals surface area contributed by atoms with Crippen LogP contribution in [0.2, 0.25) is 0 Å². The molecule has 2 aliphatic rings. The number of rotatable bonds is 2. The molecule has 2 rings (SSSR count). The van der Waals surface area contributed by atoms with Crippen LogP contribution in [0, 0.1) is 17.3 Å². The molecule has 2 aliphatic carbocycles. The van der Waals surface area contributed by atoms with Crippen LogP contribution < -0.4 is 0 Å². The summed E-state index contributed by atoms with van der Waals surface area (Å²) in [5.74, 6) is 1.15. The Morgan fingerprint density at radius 3 is 0.857 bits per heavy atom. The molecule has 0 nitrogen and oxygen atoms in total. The van der Waals surface area contributed by atoms with E-state index in [4.69, 9.17) is 0 Å². The Bertz CT molecular complexity index is 512. The van der Waals surface area contributed by atoms with Crippen LogP contribution in [0.5, 0.6) is 0 Å². The third-order valence-electron chi connectivity index (χ3n) is 6.71. The fraction of sp³-hybridized carbons (Fsp3) is 0.619. The molecule has 0 N–H and O–H groups in total. The highest BCUT2D eigenvalue weighted by atomic mass is 14.5. The molecule has 0 aromatic carbocycles. The average Bonchev–Trinajstić information content (AvgIpc) is 2.72. The summed E-state index contributed by atoms with van der Waals surface area (Å²) in [5.41, 5.74) is 12.6. The molecule has 0 atom stereocenters. The Hall–Kier alpha value is -1.04. The Balaban J connectivity index is 2.56. The monoisotopic (exact) mass is 284 g/mol. The zero-order valence-electron chi connectivity index (χ0n) is 15.7. The fourth-order valence-corrected chi connectivity index (χ4v) is 5.10. The van der Waals surface area contributed by atoms with E-state index in [-0.39, 0.29) is 5.41 Å². The molecule has 0 saturated carbocycles. The molecule has 0 fully saturated rings. The minimum Gasteiger partial charge on any atom is -0.0624 e. The molecule has 0 aliphatic heterocycles. The zero-order chi connectivity index (χ0) is 16.3. The second kappa shape index (κ2) is 5.00. The molecule has 0 amide bonds. The fourth-order valence-electron chi connectivity index (χ4n) is 5.10. The van der Waals surface area contributed by atoms with E-state index in [0.717, 1.165) is 0 Å². The molecule has 0 bridgehead atoms. The molecule has 0 radical (unpaired) electrons. The van der Waals surface area contributed by atoms with Crippen molar-refractivity contribution in [3.05, 3.63) is 44.6 Å². The van der Waals surface area contributed by atoms with E-state index in [1.807, 2.05) is 0 Å². The highest BCUT2D eigenvalue weighted by Crippen LogP contribution is 2.56. The normalized spacial score (nSPS) is 22.6. The second-order valence-corrected chi connectivity index (χ2v) is 7.92. The first-order valence-electron chi connectivity index (χ1n) is 8.23. The minimum atomic E-state index is 0.236. The van der Waals surface area contributed by atoms with Crippen molar-refractivity contribution in [2.45, 2.75) is 69.2 Å². The Morgan fingerprint density at radius 2 is 0.667 bits per heavy atom. The van der Waals surface area contributed by atoms with Gasteiger partial charge in [0.1, 0.15) is 0 Å². The lowest BCUT2D eigenvalue weighted by Gasteiger charge is -2.41. The lowest BCUT2D eigenvalue weighted by atomic mass is 9.62. The molecule has 0 aromatic rings. The Kier molecular flexibility index (Phi) is 3.89. The third-order valence-corrected chi connectivity index (χ3v) is 6.71. The van der Waals surface area contributed by atoms with E-state index in [1.54, 1.807) is 22.3 Å². The van der Waals surface area contributed by atoms with Crippen molar-refractivity contribution in [3.8, 4) is 0 Å². The van der Waals surface area contributed by atoms with Crippen LogP contribution in [-0.2, 0) is 0 Å². The first kappa shape index (κ1) is 16.3. The summed E-state index contributed by atoms with van der Waals surface area (Å²) >= 11 is 0. The van der Waals surface area contributed by atoms with Crippen molar-refractivity contribution < 1.29 is 0 Å². The maximum absolute atomic E-state index is 2.47. The van der Waals surface area contributed by atoms with Crippen LogP contribution in [0.3, 0.4) is 0 Å². The van der Waals surface area contributed by atoms with Crippen LogP contribution in [-0.4, -0.2) is 0 Å². The standard InChI is InChI=1S/C21H32/c1-11-12(2)16(6)19(15(11)5)21(9,10)20-17(7)13(3)14(4)18(20)8/h19-20H,1-10H3. The van der Waals surface area contributed by atoms with E-state index in [0.29, 0.717) is 11.8 Å². The molecule has 0 unspecified atom stereocenters. The summed E-state index contributed by atoms with van der Waals surface area (Å²) in [6.07, 6.45) is 0. The van der Waals surface area contributed by atoms with Crippen molar-refractivity contribution in [1.82, 2.24) is 0 Å². The van der Waals surface area contributed by atoms with Crippen LogP contribution in [0.25, 0.3) is 0 Å². The van der Waals surface area contributed by atoms with Crippen LogP contribution in [0.4, 0.5) is 0 Å². The number of hydrogen-bond acceptors (Lipinski definition) is 0. The van der Waals surface area contributed by atoms with Gasteiger partial charge < -0.3 is 0 Å². The second-order valence-electron chi connectivity index (χ2n) is 7.92. The van der Waals surface area contributed by atoms with Gasteiger partial charge in [0.2, 0.25) is 0 Å². The number of hydrogen-bond donors (Lipinski definition) is 0. The molecule has 0 aromatic heterocycles. The number of allylic oxidation sites excluding steroid dienone is 8. The Morgan fingerprint density at radius 1 is 0.476 bits per heavy atom. The quantitative estimate of drug-likeness (QED) is 0.534. The molecule has 0 saturated heterocycles. The van der Waals surface area contributed by atoms with Crippen LogP contribution in [0.1, 0.15) is 69.2 Å². The van der Waals surface area contributed by atoms with Crippen LogP contribution >= 0.6 is 0 Å². The average molecular weight is 284 g/mol. The maximum atomic E-state index is 2.47. The third kappa shape index (κ3) is 2.10. The summed E-state index contributed by atoms with van der Waals surface area (Å²) < 4.78 is 0. The van der Waals surface area contributed by atoms with Gasteiger partial charge in [-0.3, -0.25) is 0 Å². The van der Waals surface area contributed by atoms with Gasteiger partial charge in [0.05, 0.1) is 0 Å². The van der Waals surface area contributed by atoms with Gasteiger partial charge >= 0.3 is 0 Å². The van der Waals surface area contributed by atoms with Gasteiger partial charge in [-0.05, 0) is 83.1 Å². The summed E-state index contributed by atoms with van der Waals surface area (Å²) in [7, 11) is 0. The van der Waals surface area contributed by atoms with Gasteiger partial charge in [-0.25, -0.2) is 0 Å². The maximum Gasteiger partial charge on any atom is 0.00731 e. The SMILES string of the molecule is CC1=C(C)C(C(C)(C)C2C(C)=C(C)C(C)=C2C)C(C)=C1C. The highest BCUT2D eigenvalue weighted by molar-refractivity contribution is 5.52. The summed E-state index contributed by atoms with van der Waals surface area (Å²) in [6.45, 7) is 23.5. The zero-order valence-corrected chi connectivity index (χ0v) is 15.7. The van der Waals surface area contributed by atoms with Crippen molar-refractivity contribution in [3.63, 3.8) is 0 Å². The van der Waals surface area contributed by atoms with E-state index >= 15 is 0 Å². The Labute approximate surface area is 131 Å². The molecule has 0 spiro atoms. The molecular formula is C21H32. The summed E-state index contributed by atoms with van der Waals surface area (Å²) in [4.78, 5) is 0. The lowest BCUT2D eigenvalue weighted by molar-refractivity contribution is 0.216. The first-order valence-corrected chi connectivity index (χ1v) is 8.23. The van der Waals surface area contributed by atoms with Crippen LogP contribution in [0.15, 0.2) is 44.6 Å². The lowest BCUT2D eigenvalue weighted by Crippen LogP contribution is -2.34. The first-order chi connectivity index (χ1) is 9.53. The van der Waals surface area contributed by atoms with Crippen molar-refractivity contribution in [1.29, 1.82) is 0 Å². The van der Waals surface area contributed by atoms with Gasteiger partial charge in [0.25, 0.3) is 0 Å². The van der Waals surface area contributed by atoms with E-state index in [9.17, 15) is 0 Å². The van der Waals surface area contributed by atoms with Crippen molar-refractivity contribution in [2.75, 3.05) is 0 Å². The predicted octanol–water partition coefficient (Wildman–Crippen LogP) is 6.62. The molecule has 21 heavy (non-hydrogen) atoms. The van der Waals surface area contributed by atoms with E-state index < -0.39 is 0 Å². The van der Waals surface area contributed by atoms with Gasteiger partial charge in [-0.1, -0.05) is 36.1 Å². The smallest absolute Gasteiger partial charge is 0.00731 e. The molecule has 116 valence electrons. The largest absolute Gasteiger partial charge is 0.0624 e. The summed E-state index contributed by atoms with van der Waals surface area (Å²) in [5, 5.41) is 0. The molecular weight excluding hydrogens is 252 g/mol. The van der Waals surface area contributed by atoms with E-state index in [1.165, 1.54) is 22.3 Å². The van der Waals surface area contributed by atoms with Crippen molar-refractivity contribution >= 4 is 0 Å². The summed E-state index contributed by atoms with van der Waals surface area (Å²) in [6, 6.07) is 0. The van der Waals surface area contributed by atoms with Gasteiger partial charge in [-0.2, -0.15) is 0 Å². The van der Waals surface area contributed by atoms with Crippen molar-refractivity contribution in [2.24, 2.45) is 17.3 Å². The molecule has 0 heteroatoms. The van der Waals surface area contributed by atoms with E-state index in [2.05, 4.69) is 69.2 Å². The van der Waals surface area contributed by atoms with Gasteiger partial charge in [-0.15, -0.1) is 0 Å². The predicted molar refractivity (Wildman–Crippen MR) is 94.3 cm³/mol. The van der Waals surface area contributed by atoms with Gasteiger partial charge in [0.15, 0.2) is 0 Å². The molecule has 0 heterocycles. The van der Waals surface area contributed by atoms with Gasteiger partial charge in [0, 0.05) is 11.8 Å².